The summed E-state index contributed by atoms with van der Waals surface area (Å²) in [6.07, 6.45) is 1.53. The molecule has 0 radical (unpaired) electrons. The first kappa shape index (κ1) is 10.3. The largest absolute Gasteiger partial charge is 0.478 e. The van der Waals surface area contributed by atoms with Crippen LogP contribution in [0.1, 0.15) is 10.4 Å². The summed E-state index contributed by atoms with van der Waals surface area (Å²) in [6, 6.07) is 6.33. The van der Waals surface area contributed by atoms with Crippen molar-refractivity contribution in [3.05, 3.63) is 36.0 Å². The van der Waals surface area contributed by atoms with Crippen molar-refractivity contribution >= 4 is 17.3 Å². The number of fused-ring (bicyclic) bond motifs is 1. The molecule has 88 valence electrons. The molecule has 0 spiro atoms. The van der Waals surface area contributed by atoms with Gasteiger partial charge in [0.1, 0.15) is 0 Å². The van der Waals surface area contributed by atoms with Crippen LogP contribution in [-0.2, 0) is 0 Å². The van der Waals surface area contributed by atoms with E-state index in [1.165, 1.54) is 18.3 Å². The summed E-state index contributed by atoms with van der Waals surface area (Å²) in [4.78, 5) is 19.0. The predicted octanol–water partition coefficient (Wildman–Crippen LogP) is 1.38. The first-order chi connectivity index (χ1) is 8.74. The first-order valence-corrected chi connectivity index (χ1v) is 5.03. The minimum atomic E-state index is -0.969. The number of aromatic nitrogens is 4. The predicted molar refractivity (Wildman–Crippen MR) is 59.8 cm³/mol. The maximum Gasteiger partial charge on any atom is 0.335 e. The Morgan fingerprint density at radius 1 is 1.11 bits per heavy atom. The highest BCUT2D eigenvalue weighted by molar-refractivity contribution is 5.88. The van der Waals surface area contributed by atoms with E-state index in [2.05, 4.69) is 24.9 Å². The molecule has 18 heavy (non-hydrogen) atoms. The lowest BCUT2D eigenvalue weighted by Gasteiger charge is -2.00. The maximum atomic E-state index is 10.7. The van der Waals surface area contributed by atoms with Crippen LogP contribution in [0.25, 0.3) is 22.6 Å². The van der Waals surface area contributed by atoms with Crippen LogP contribution in [0, 0.1) is 0 Å². The van der Waals surface area contributed by atoms with Gasteiger partial charge in [0.25, 0.3) is 0 Å². The highest BCUT2D eigenvalue weighted by Crippen LogP contribution is 2.18. The van der Waals surface area contributed by atoms with Crippen molar-refractivity contribution in [3.63, 3.8) is 0 Å². The zero-order valence-corrected chi connectivity index (χ0v) is 8.94. The molecule has 0 bridgehead atoms. The lowest BCUT2D eigenvalue weighted by Crippen LogP contribution is -1.95. The molecule has 1 aromatic carbocycles. The number of benzene rings is 1. The number of carboxylic acid groups (broad SMARTS) is 1. The summed E-state index contributed by atoms with van der Waals surface area (Å²) in [6.45, 7) is 0. The van der Waals surface area contributed by atoms with E-state index in [0.717, 1.165) is 5.56 Å². The van der Waals surface area contributed by atoms with E-state index in [1.54, 1.807) is 12.1 Å². The Hall–Kier alpha value is -2.83. The fourth-order valence-corrected chi connectivity index (χ4v) is 1.52. The van der Waals surface area contributed by atoms with Gasteiger partial charge in [0, 0.05) is 5.56 Å². The van der Waals surface area contributed by atoms with Crippen LogP contribution in [0.5, 0.6) is 0 Å². The van der Waals surface area contributed by atoms with Crippen molar-refractivity contribution in [2.45, 2.75) is 0 Å². The molecule has 7 nitrogen and oxygen atoms in total. The van der Waals surface area contributed by atoms with E-state index in [1.807, 2.05) is 0 Å². The minimum Gasteiger partial charge on any atom is -0.478 e. The standard InChI is InChI=1S/C11H6N4O3/c16-11(17)7-3-1-6(2-4-7)8-5-12-9-10(13-8)15-18-14-9/h1-5H,(H,16,17). The smallest absolute Gasteiger partial charge is 0.335 e. The topological polar surface area (TPSA) is 102 Å². The molecule has 0 aliphatic heterocycles. The molecule has 0 aliphatic rings. The van der Waals surface area contributed by atoms with E-state index < -0.39 is 5.97 Å². The van der Waals surface area contributed by atoms with Crippen molar-refractivity contribution in [1.82, 2.24) is 20.3 Å². The molecule has 3 aromatic rings. The second-order valence-electron chi connectivity index (χ2n) is 3.55. The van der Waals surface area contributed by atoms with Gasteiger partial charge in [-0.25, -0.2) is 19.4 Å². The van der Waals surface area contributed by atoms with Crippen LogP contribution in [0.4, 0.5) is 0 Å². The van der Waals surface area contributed by atoms with Gasteiger partial charge in [-0.15, -0.1) is 0 Å². The average Bonchev–Trinajstić information content (AvgIpc) is 2.86. The van der Waals surface area contributed by atoms with E-state index in [0.29, 0.717) is 17.0 Å². The van der Waals surface area contributed by atoms with Crippen LogP contribution >= 0.6 is 0 Å². The Labute approximate surface area is 100 Å². The second-order valence-corrected chi connectivity index (χ2v) is 3.55. The van der Waals surface area contributed by atoms with Crippen LogP contribution < -0.4 is 0 Å². The molecule has 0 atom stereocenters. The van der Waals surface area contributed by atoms with Gasteiger partial charge in [-0.3, -0.25) is 0 Å². The van der Waals surface area contributed by atoms with Crippen molar-refractivity contribution in [1.29, 1.82) is 0 Å². The van der Waals surface area contributed by atoms with E-state index in [4.69, 9.17) is 5.11 Å². The Morgan fingerprint density at radius 2 is 1.83 bits per heavy atom. The summed E-state index contributed by atoms with van der Waals surface area (Å²) in [5.74, 6) is -0.969. The normalized spacial score (nSPS) is 10.7. The maximum absolute atomic E-state index is 10.7. The molecular weight excluding hydrogens is 236 g/mol. The third-order valence-electron chi connectivity index (χ3n) is 2.42. The number of hydrogen-bond donors (Lipinski definition) is 1. The SMILES string of the molecule is O=C(O)c1ccc(-c2cnc3nonc3n2)cc1. The number of nitrogens with zero attached hydrogens (tertiary/aromatic N) is 4. The number of hydrogen-bond acceptors (Lipinski definition) is 6. The Balaban J connectivity index is 2.05. The lowest BCUT2D eigenvalue weighted by molar-refractivity contribution is 0.0697. The third-order valence-corrected chi connectivity index (χ3v) is 2.42. The quantitative estimate of drug-likeness (QED) is 0.723. The molecule has 2 aromatic heterocycles. The van der Waals surface area contributed by atoms with Gasteiger partial charge in [0.15, 0.2) is 0 Å². The average molecular weight is 242 g/mol. The molecule has 2 heterocycles. The number of rotatable bonds is 2. The van der Waals surface area contributed by atoms with Gasteiger partial charge in [-0.1, -0.05) is 12.1 Å². The molecule has 0 unspecified atom stereocenters. The van der Waals surface area contributed by atoms with Crippen molar-refractivity contribution in [2.75, 3.05) is 0 Å². The minimum absolute atomic E-state index is 0.218. The summed E-state index contributed by atoms with van der Waals surface area (Å²) in [5, 5.41) is 16.0. The van der Waals surface area contributed by atoms with Gasteiger partial charge in [0.05, 0.1) is 17.5 Å². The van der Waals surface area contributed by atoms with Crippen LogP contribution in [0.15, 0.2) is 35.1 Å². The molecule has 1 N–H and O–H groups in total. The van der Waals surface area contributed by atoms with Gasteiger partial charge < -0.3 is 5.11 Å². The van der Waals surface area contributed by atoms with E-state index >= 15 is 0 Å². The third kappa shape index (κ3) is 1.67. The first-order valence-electron chi connectivity index (χ1n) is 5.03. The summed E-state index contributed by atoms with van der Waals surface area (Å²) in [5.41, 5.74) is 2.19. The van der Waals surface area contributed by atoms with Crippen LogP contribution in [-0.4, -0.2) is 31.4 Å². The molecule has 0 saturated carbocycles. The zero-order chi connectivity index (χ0) is 12.5. The summed E-state index contributed by atoms with van der Waals surface area (Å²) < 4.78 is 4.50. The fraction of sp³-hybridized carbons (Fsp3) is 0. The lowest BCUT2D eigenvalue weighted by atomic mass is 10.1. The van der Waals surface area contributed by atoms with Gasteiger partial charge in [-0.2, -0.15) is 0 Å². The fourth-order valence-electron chi connectivity index (χ4n) is 1.52. The Kier molecular flexibility index (Phi) is 2.23. The monoisotopic (exact) mass is 242 g/mol. The van der Waals surface area contributed by atoms with Crippen LogP contribution in [0.2, 0.25) is 0 Å². The van der Waals surface area contributed by atoms with Gasteiger partial charge in [-0.05, 0) is 22.4 Å². The Morgan fingerprint density at radius 3 is 2.56 bits per heavy atom. The highest BCUT2D eigenvalue weighted by Gasteiger charge is 2.08. The molecule has 0 saturated heterocycles. The summed E-state index contributed by atoms with van der Waals surface area (Å²) in [7, 11) is 0. The van der Waals surface area contributed by atoms with Crippen LogP contribution in [0.3, 0.4) is 0 Å². The van der Waals surface area contributed by atoms with Gasteiger partial charge >= 0.3 is 5.97 Å². The molecule has 3 rings (SSSR count). The second kappa shape index (κ2) is 3.88. The van der Waals surface area contributed by atoms with Crippen molar-refractivity contribution < 1.29 is 14.5 Å². The molecule has 0 aliphatic carbocycles. The number of carbonyl (C=O) groups is 1. The summed E-state index contributed by atoms with van der Waals surface area (Å²) >= 11 is 0. The van der Waals surface area contributed by atoms with Gasteiger partial charge in [0.2, 0.25) is 11.3 Å². The van der Waals surface area contributed by atoms with E-state index in [-0.39, 0.29) is 5.56 Å². The molecular formula is C11H6N4O3. The molecule has 0 amide bonds. The van der Waals surface area contributed by atoms with Crippen molar-refractivity contribution in [2.24, 2.45) is 0 Å². The zero-order valence-electron chi connectivity index (χ0n) is 8.94. The highest BCUT2D eigenvalue weighted by atomic mass is 16.6. The number of carboxylic acids is 1. The molecule has 7 heteroatoms. The van der Waals surface area contributed by atoms with E-state index in [9.17, 15) is 4.79 Å². The van der Waals surface area contributed by atoms with Crippen molar-refractivity contribution in [3.8, 4) is 11.3 Å². The Bertz CT molecular complexity index is 720. The molecule has 0 fully saturated rings. The number of aromatic carboxylic acids is 1.